The van der Waals surface area contributed by atoms with Crippen LogP contribution in [0.2, 0.25) is 4.34 Å². The number of hydrogen-bond acceptors (Lipinski definition) is 3. The third-order valence-corrected chi connectivity index (χ3v) is 4.80. The van der Waals surface area contributed by atoms with E-state index < -0.39 is 12.0 Å². The van der Waals surface area contributed by atoms with Crippen LogP contribution in [0.4, 0.5) is 0 Å². The van der Waals surface area contributed by atoms with Crippen LogP contribution in [0.3, 0.4) is 0 Å². The summed E-state index contributed by atoms with van der Waals surface area (Å²) in [7, 11) is 0. The Morgan fingerprint density at radius 1 is 1.26 bits per heavy atom. The molecule has 1 heterocycles. The van der Waals surface area contributed by atoms with Gasteiger partial charge in [0.2, 0.25) is 5.91 Å². The van der Waals surface area contributed by atoms with Gasteiger partial charge in [0.1, 0.15) is 0 Å². The lowest BCUT2D eigenvalue weighted by molar-refractivity contribution is -0.137. The SMILES string of the molecule is Cc1ccccc1C(CC(=O)O)NC(=O)CCc1ccc(Cl)s1. The first-order chi connectivity index (χ1) is 11.0. The van der Waals surface area contributed by atoms with Gasteiger partial charge in [0.05, 0.1) is 16.8 Å². The summed E-state index contributed by atoms with van der Waals surface area (Å²) < 4.78 is 0.698. The highest BCUT2D eigenvalue weighted by Crippen LogP contribution is 2.23. The van der Waals surface area contributed by atoms with E-state index >= 15 is 0 Å². The Bertz CT molecular complexity index is 699. The second-order valence-electron chi connectivity index (χ2n) is 5.28. The molecule has 1 aromatic heterocycles. The zero-order valence-electron chi connectivity index (χ0n) is 12.7. The fourth-order valence-electron chi connectivity index (χ4n) is 2.38. The highest BCUT2D eigenvalue weighted by molar-refractivity contribution is 7.16. The average molecular weight is 352 g/mol. The summed E-state index contributed by atoms with van der Waals surface area (Å²) in [5.74, 6) is -1.10. The Labute approximate surface area is 144 Å². The minimum Gasteiger partial charge on any atom is -0.481 e. The number of benzene rings is 1. The summed E-state index contributed by atoms with van der Waals surface area (Å²) in [4.78, 5) is 24.3. The van der Waals surface area contributed by atoms with E-state index in [9.17, 15) is 9.59 Å². The van der Waals surface area contributed by atoms with Gasteiger partial charge >= 0.3 is 5.97 Å². The van der Waals surface area contributed by atoms with E-state index in [1.54, 1.807) is 6.07 Å². The number of carboxylic acid groups (broad SMARTS) is 1. The number of halogens is 1. The molecule has 1 amide bonds. The van der Waals surface area contributed by atoms with Crippen molar-refractivity contribution in [1.82, 2.24) is 5.32 Å². The van der Waals surface area contributed by atoms with E-state index in [1.807, 2.05) is 37.3 Å². The first-order valence-electron chi connectivity index (χ1n) is 7.26. The third-order valence-electron chi connectivity index (χ3n) is 3.51. The van der Waals surface area contributed by atoms with Crippen LogP contribution in [0.25, 0.3) is 0 Å². The van der Waals surface area contributed by atoms with Crippen molar-refractivity contribution in [2.75, 3.05) is 0 Å². The molecule has 4 nitrogen and oxygen atoms in total. The molecule has 6 heteroatoms. The second-order valence-corrected chi connectivity index (χ2v) is 7.08. The number of amides is 1. The van der Waals surface area contributed by atoms with Gasteiger partial charge in [-0.1, -0.05) is 35.9 Å². The van der Waals surface area contributed by atoms with Crippen molar-refractivity contribution in [3.63, 3.8) is 0 Å². The zero-order chi connectivity index (χ0) is 16.8. The second kappa shape index (κ2) is 8.13. The molecule has 2 aromatic rings. The van der Waals surface area contributed by atoms with Gasteiger partial charge in [-0.25, -0.2) is 0 Å². The van der Waals surface area contributed by atoms with Crippen molar-refractivity contribution >= 4 is 34.8 Å². The Morgan fingerprint density at radius 2 is 2.00 bits per heavy atom. The van der Waals surface area contributed by atoms with E-state index in [0.29, 0.717) is 17.2 Å². The van der Waals surface area contributed by atoms with Crippen LogP contribution in [0.1, 0.15) is 34.9 Å². The van der Waals surface area contributed by atoms with Crippen LogP contribution in [-0.2, 0) is 16.0 Å². The Hall–Kier alpha value is -1.85. The van der Waals surface area contributed by atoms with Gasteiger partial charge in [0.15, 0.2) is 0 Å². The van der Waals surface area contributed by atoms with E-state index in [4.69, 9.17) is 16.7 Å². The lowest BCUT2D eigenvalue weighted by atomic mass is 9.98. The summed E-state index contributed by atoms with van der Waals surface area (Å²) in [5, 5.41) is 11.9. The van der Waals surface area contributed by atoms with E-state index in [1.165, 1.54) is 11.3 Å². The molecule has 0 aliphatic heterocycles. The Balaban J connectivity index is 2.01. The van der Waals surface area contributed by atoms with Gasteiger partial charge in [-0.05, 0) is 36.6 Å². The summed E-state index contributed by atoms with van der Waals surface area (Å²) in [6.45, 7) is 1.91. The van der Waals surface area contributed by atoms with Crippen LogP contribution in [0.5, 0.6) is 0 Å². The van der Waals surface area contributed by atoms with Gasteiger partial charge in [-0.2, -0.15) is 0 Å². The molecular weight excluding hydrogens is 334 g/mol. The normalized spacial score (nSPS) is 11.9. The van der Waals surface area contributed by atoms with Crippen molar-refractivity contribution in [2.24, 2.45) is 0 Å². The summed E-state index contributed by atoms with van der Waals surface area (Å²) >= 11 is 7.32. The molecular formula is C17H18ClNO3S. The highest BCUT2D eigenvalue weighted by atomic mass is 35.5. The number of rotatable bonds is 7. The van der Waals surface area contributed by atoms with Crippen LogP contribution in [-0.4, -0.2) is 17.0 Å². The maximum atomic E-state index is 12.2. The summed E-state index contributed by atoms with van der Waals surface area (Å²) in [5.41, 5.74) is 1.80. The number of nitrogens with one attached hydrogen (secondary N) is 1. The molecule has 0 fully saturated rings. The van der Waals surface area contributed by atoms with Crippen molar-refractivity contribution < 1.29 is 14.7 Å². The number of thiophene rings is 1. The van der Waals surface area contributed by atoms with Crippen molar-refractivity contribution in [2.45, 2.75) is 32.2 Å². The zero-order valence-corrected chi connectivity index (χ0v) is 14.3. The minimum atomic E-state index is -0.941. The molecule has 0 aliphatic carbocycles. The molecule has 0 spiro atoms. The maximum absolute atomic E-state index is 12.2. The number of carbonyl (C=O) groups excluding carboxylic acids is 1. The molecule has 0 saturated heterocycles. The molecule has 0 radical (unpaired) electrons. The quantitative estimate of drug-likeness (QED) is 0.793. The first-order valence-corrected chi connectivity index (χ1v) is 8.46. The van der Waals surface area contributed by atoms with Crippen LogP contribution >= 0.6 is 22.9 Å². The number of hydrogen-bond donors (Lipinski definition) is 2. The molecule has 23 heavy (non-hydrogen) atoms. The third kappa shape index (κ3) is 5.37. The largest absolute Gasteiger partial charge is 0.481 e. The fourth-order valence-corrected chi connectivity index (χ4v) is 3.47. The standard InChI is InChI=1S/C17H18ClNO3S/c1-11-4-2-3-5-13(11)14(10-17(21)22)19-16(20)9-7-12-6-8-15(18)23-12/h2-6,8,14H,7,9-10H2,1H3,(H,19,20)(H,21,22). The molecule has 122 valence electrons. The number of aryl methyl sites for hydroxylation is 2. The van der Waals surface area contributed by atoms with Crippen molar-refractivity contribution in [3.8, 4) is 0 Å². The lowest BCUT2D eigenvalue weighted by Crippen LogP contribution is -2.30. The molecule has 2 N–H and O–H groups in total. The van der Waals surface area contributed by atoms with E-state index in [0.717, 1.165) is 16.0 Å². The molecule has 2 rings (SSSR count). The number of aliphatic carboxylic acids is 1. The van der Waals surface area contributed by atoms with Crippen LogP contribution in [0, 0.1) is 6.92 Å². The van der Waals surface area contributed by atoms with Crippen molar-refractivity contribution in [1.29, 1.82) is 0 Å². The maximum Gasteiger partial charge on any atom is 0.305 e. The smallest absolute Gasteiger partial charge is 0.305 e. The monoisotopic (exact) mass is 351 g/mol. The van der Waals surface area contributed by atoms with Gasteiger partial charge in [-0.15, -0.1) is 11.3 Å². The summed E-state index contributed by atoms with van der Waals surface area (Å²) in [6, 6.07) is 10.7. The molecule has 1 atom stereocenters. The highest BCUT2D eigenvalue weighted by Gasteiger charge is 2.19. The predicted molar refractivity (Wildman–Crippen MR) is 92.0 cm³/mol. The van der Waals surface area contributed by atoms with Gasteiger partial charge in [-0.3, -0.25) is 9.59 Å². The van der Waals surface area contributed by atoms with Gasteiger partial charge in [0.25, 0.3) is 0 Å². The number of carbonyl (C=O) groups is 2. The molecule has 0 aliphatic rings. The van der Waals surface area contributed by atoms with Crippen LogP contribution < -0.4 is 5.32 Å². The first kappa shape index (κ1) is 17.5. The van der Waals surface area contributed by atoms with Gasteiger partial charge in [0, 0.05) is 11.3 Å². The predicted octanol–water partition coefficient (Wildman–Crippen LogP) is 3.97. The molecule has 1 unspecified atom stereocenters. The Kier molecular flexibility index (Phi) is 6.19. The average Bonchev–Trinajstić information content (AvgIpc) is 2.90. The molecule has 1 aromatic carbocycles. The van der Waals surface area contributed by atoms with E-state index in [2.05, 4.69) is 5.32 Å². The topological polar surface area (TPSA) is 66.4 Å². The molecule has 0 bridgehead atoms. The Morgan fingerprint density at radius 3 is 2.61 bits per heavy atom. The van der Waals surface area contributed by atoms with Crippen LogP contribution in [0.15, 0.2) is 36.4 Å². The summed E-state index contributed by atoms with van der Waals surface area (Å²) in [6.07, 6.45) is 0.761. The molecule has 0 saturated carbocycles. The number of carboxylic acids is 1. The van der Waals surface area contributed by atoms with Crippen molar-refractivity contribution in [3.05, 3.63) is 56.7 Å². The minimum absolute atomic E-state index is 0.137. The lowest BCUT2D eigenvalue weighted by Gasteiger charge is -2.19. The van der Waals surface area contributed by atoms with E-state index in [-0.39, 0.29) is 12.3 Å². The van der Waals surface area contributed by atoms with Gasteiger partial charge < -0.3 is 10.4 Å². The fraction of sp³-hybridized carbons (Fsp3) is 0.294.